The minimum absolute atomic E-state index is 0.0331. The molecule has 1 aliphatic heterocycles. The molecule has 5 heteroatoms. The van der Waals surface area contributed by atoms with Gasteiger partial charge in [-0.1, -0.05) is 18.2 Å². The van der Waals surface area contributed by atoms with E-state index in [-0.39, 0.29) is 18.2 Å². The van der Waals surface area contributed by atoms with Crippen LogP contribution in [-0.4, -0.2) is 42.8 Å². The molecule has 5 nitrogen and oxygen atoms in total. The second-order valence-corrected chi connectivity index (χ2v) is 4.41. The molecule has 0 atom stereocenters. The minimum atomic E-state index is -0.0644. The fourth-order valence-corrected chi connectivity index (χ4v) is 2.13. The van der Waals surface area contributed by atoms with Gasteiger partial charge in [-0.15, -0.1) is 0 Å². The van der Waals surface area contributed by atoms with Gasteiger partial charge in [0.05, 0.1) is 12.3 Å². The predicted molar refractivity (Wildman–Crippen MR) is 71.8 cm³/mol. The van der Waals surface area contributed by atoms with Crippen LogP contribution in [0.15, 0.2) is 30.3 Å². The minimum Gasteiger partial charge on any atom is -0.387 e. The number of anilines is 1. The van der Waals surface area contributed by atoms with E-state index < -0.39 is 0 Å². The number of nitrogens with two attached hydrogens (primary N) is 1. The lowest BCUT2D eigenvalue weighted by Gasteiger charge is -2.36. The van der Waals surface area contributed by atoms with E-state index >= 15 is 0 Å². The molecule has 0 radical (unpaired) electrons. The quantitative estimate of drug-likeness (QED) is 0.608. The summed E-state index contributed by atoms with van der Waals surface area (Å²) >= 11 is 0. The maximum atomic E-state index is 11.7. The number of carbonyl (C=O) groups is 1. The normalized spacial score (nSPS) is 15.6. The Bertz CT molecular complexity index is 424. The Kier molecular flexibility index (Phi) is 3.82. The molecule has 0 unspecified atom stereocenters. The zero-order valence-electron chi connectivity index (χ0n) is 10.3. The van der Waals surface area contributed by atoms with Gasteiger partial charge in [-0.25, -0.2) is 0 Å². The van der Waals surface area contributed by atoms with Gasteiger partial charge in [-0.05, 0) is 12.1 Å². The van der Waals surface area contributed by atoms with Gasteiger partial charge >= 0.3 is 0 Å². The van der Waals surface area contributed by atoms with Crippen LogP contribution in [0.1, 0.15) is 6.42 Å². The van der Waals surface area contributed by atoms with Gasteiger partial charge in [-0.2, -0.15) is 0 Å². The number of amidine groups is 1. The smallest absolute Gasteiger partial charge is 0.230 e. The molecule has 1 aromatic rings. The molecule has 1 aromatic carbocycles. The van der Waals surface area contributed by atoms with Crippen LogP contribution in [0.2, 0.25) is 0 Å². The van der Waals surface area contributed by atoms with Crippen molar-refractivity contribution < 1.29 is 4.79 Å². The molecule has 1 saturated heterocycles. The van der Waals surface area contributed by atoms with Gasteiger partial charge in [0.2, 0.25) is 5.91 Å². The Hall–Kier alpha value is -2.04. The summed E-state index contributed by atoms with van der Waals surface area (Å²) in [7, 11) is 0. The van der Waals surface area contributed by atoms with Crippen molar-refractivity contribution in [2.24, 2.45) is 5.73 Å². The molecule has 1 heterocycles. The standard InChI is InChI=1S/C13H18N4O/c14-12(15)10-13(18)17-8-6-16(7-9-17)11-4-2-1-3-5-11/h1-5H,6-10H2,(H3,14,15). The summed E-state index contributed by atoms with van der Waals surface area (Å²) < 4.78 is 0. The highest BCUT2D eigenvalue weighted by Crippen LogP contribution is 2.15. The number of piperazine rings is 1. The van der Waals surface area contributed by atoms with E-state index in [9.17, 15) is 4.79 Å². The number of amides is 1. The fourth-order valence-electron chi connectivity index (χ4n) is 2.13. The van der Waals surface area contributed by atoms with Crippen LogP contribution in [0, 0.1) is 5.41 Å². The van der Waals surface area contributed by atoms with Crippen molar-refractivity contribution in [2.75, 3.05) is 31.1 Å². The van der Waals surface area contributed by atoms with Crippen molar-refractivity contribution in [3.8, 4) is 0 Å². The summed E-state index contributed by atoms with van der Waals surface area (Å²) in [6, 6.07) is 10.2. The number of nitrogens with zero attached hydrogens (tertiary/aromatic N) is 2. The highest BCUT2D eigenvalue weighted by Gasteiger charge is 2.21. The Morgan fingerprint density at radius 2 is 1.78 bits per heavy atom. The van der Waals surface area contributed by atoms with Crippen molar-refractivity contribution >= 4 is 17.4 Å². The van der Waals surface area contributed by atoms with Crippen LogP contribution < -0.4 is 10.6 Å². The van der Waals surface area contributed by atoms with Crippen LogP contribution in [0.4, 0.5) is 5.69 Å². The summed E-state index contributed by atoms with van der Waals surface area (Å²) in [4.78, 5) is 15.8. The highest BCUT2D eigenvalue weighted by atomic mass is 16.2. The van der Waals surface area contributed by atoms with Gasteiger partial charge in [0.1, 0.15) is 0 Å². The molecule has 2 rings (SSSR count). The monoisotopic (exact) mass is 246 g/mol. The van der Waals surface area contributed by atoms with E-state index in [2.05, 4.69) is 17.0 Å². The highest BCUT2D eigenvalue weighted by molar-refractivity contribution is 5.97. The Morgan fingerprint density at radius 3 is 2.33 bits per heavy atom. The third kappa shape index (κ3) is 3.00. The van der Waals surface area contributed by atoms with Crippen LogP contribution in [0.3, 0.4) is 0 Å². The number of para-hydroxylation sites is 1. The van der Waals surface area contributed by atoms with Crippen molar-refractivity contribution in [3.05, 3.63) is 30.3 Å². The molecule has 0 aliphatic carbocycles. The van der Waals surface area contributed by atoms with Gasteiger partial charge < -0.3 is 15.5 Å². The summed E-state index contributed by atoms with van der Waals surface area (Å²) in [5.41, 5.74) is 6.43. The number of carbonyl (C=O) groups excluding carboxylic acids is 1. The van der Waals surface area contributed by atoms with Crippen LogP contribution in [0.5, 0.6) is 0 Å². The van der Waals surface area contributed by atoms with E-state index in [0.29, 0.717) is 13.1 Å². The maximum Gasteiger partial charge on any atom is 0.230 e. The topological polar surface area (TPSA) is 73.4 Å². The number of hydrogen-bond acceptors (Lipinski definition) is 3. The first kappa shape index (κ1) is 12.4. The second kappa shape index (κ2) is 5.53. The average Bonchev–Trinajstić information content (AvgIpc) is 2.39. The van der Waals surface area contributed by atoms with Gasteiger partial charge in [0.25, 0.3) is 0 Å². The zero-order chi connectivity index (χ0) is 13.0. The van der Waals surface area contributed by atoms with Gasteiger partial charge in [0.15, 0.2) is 0 Å². The summed E-state index contributed by atoms with van der Waals surface area (Å²) in [6.07, 6.45) is 0.0331. The Morgan fingerprint density at radius 1 is 1.17 bits per heavy atom. The summed E-state index contributed by atoms with van der Waals surface area (Å²) in [6.45, 7) is 3.04. The molecular formula is C13H18N4O. The molecule has 0 bridgehead atoms. The van der Waals surface area contributed by atoms with Crippen molar-refractivity contribution in [1.29, 1.82) is 5.41 Å². The number of nitrogens with one attached hydrogen (secondary N) is 1. The van der Waals surface area contributed by atoms with Gasteiger partial charge in [-0.3, -0.25) is 10.2 Å². The third-order valence-corrected chi connectivity index (χ3v) is 3.10. The van der Waals surface area contributed by atoms with Gasteiger partial charge in [0, 0.05) is 31.9 Å². The van der Waals surface area contributed by atoms with Crippen molar-refractivity contribution in [3.63, 3.8) is 0 Å². The molecule has 18 heavy (non-hydrogen) atoms. The predicted octanol–water partition coefficient (Wildman–Crippen LogP) is 0.661. The van der Waals surface area contributed by atoms with Crippen molar-refractivity contribution in [1.82, 2.24) is 4.90 Å². The summed E-state index contributed by atoms with van der Waals surface area (Å²) in [5, 5.41) is 7.14. The van der Waals surface area contributed by atoms with E-state index in [1.807, 2.05) is 18.2 Å². The first-order valence-corrected chi connectivity index (χ1v) is 6.07. The zero-order valence-corrected chi connectivity index (χ0v) is 10.3. The lowest BCUT2D eigenvalue weighted by molar-refractivity contribution is -0.130. The molecule has 1 aliphatic rings. The second-order valence-electron chi connectivity index (χ2n) is 4.41. The first-order chi connectivity index (χ1) is 8.66. The lowest BCUT2D eigenvalue weighted by Crippen LogP contribution is -2.49. The molecule has 0 aromatic heterocycles. The molecule has 0 saturated carbocycles. The van der Waals surface area contributed by atoms with Crippen LogP contribution in [0.25, 0.3) is 0 Å². The molecule has 1 fully saturated rings. The van der Waals surface area contributed by atoms with Crippen molar-refractivity contribution in [2.45, 2.75) is 6.42 Å². The number of benzene rings is 1. The average molecular weight is 246 g/mol. The van der Waals surface area contributed by atoms with E-state index in [1.54, 1.807) is 4.90 Å². The molecule has 96 valence electrons. The molecule has 3 N–H and O–H groups in total. The van der Waals surface area contributed by atoms with E-state index in [1.165, 1.54) is 5.69 Å². The largest absolute Gasteiger partial charge is 0.387 e. The van der Waals surface area contributed by atoms with Crippen LogP contribution in [-0.2, 0) is 4.79 Å². The molecule has 1 amide bonds. The molecule has 0 spiro atoms. The molecular weight excluding hydrogens is 228 g/mol. The third-order valence-electron chi connectivity index (χ3n) is 3.10. The van der Waals surface area contributed by atoms with E-state index in [0.717, 1.165) is 13.1 Å². The Balaban J connectivity index is 1.88. The number of rotatable bonds is 3. The SMILES string of the molecule is N=C(N)CC(=O)N1CCN(c2ccccc2)CC1. The Labute approximate surface area is 107 Å². The van der Waals surface area contributed by atoms with E-state index in [4.69, 9.17) is 11.1 Å². The van der Waals surface area contributed by atoms with Crippen LogP contribution >= 0.6 is 0 Å². The maximum absolute atomic E-state index is 11.7. The number of hydrogen-bond donors (Lipinski definition) is 2. The lowest BCUT2D eigenvalue weighted by atomic mass is 10.2. The summed E-state index contributed by atoms with van der Waals surface area (Å²) in [5.74, 6) is -0.110. The first-order valence-electron chi connectivity index (χ1n) is 6.07. The fraction of sp³-hybridized carbons (Fsp3) is 0.385.